The average molecular weight is 325 g/mol. The van der Waals surface area contributed by atoms with Gasteiger partial charge in [0.1, 0.15) is 0 Å². The standard InChI is InChI=1S/C17H25ClN2O2/c1-5-6-7-8-15(21)20(17(2,3)4)19-16(22)13-9-11-14(18)12-10-13/h9-12H,5-8H2,1-4H3,(H,19,22). The largest absolute Gasteiger partial charge is 0.273 e. The van der Waals surface area contributed by atoms with Crippen LogP contribution in [0.25, 0.3) is 0 Å². The molecule has 0 aliphatic rings. The minimum atomic E-state index is -0.481. The highest BCUT2D eigenvalue weighted by Gasteiger charge is 2.28. The van der Waals surface area contributed by atoms with Gasteiger partial charge in [0, 0.05) is 17.0 Å². The summed E-state index contributed by atoms with van der Waals surface area (Å²) in [5.41, 5.74) is 2.71. The van der Waals surface area contributed by atoms with Crippen LogP contribution in [0.1, 0.15) is 63.7 Å². The Balaban J connectivity index is 2.78. The molecule has 0 aromatic heterocycles. The highest BCUT2D eigenvalue weighted by molar-refractivity contribution is 6.30. The van der Waals surface area contributed by atoms with E-state index in [1.807, 2.05) is 20.8 Å². The zero-order chi connectivity index (χ0) is 16.8. The molecule has 0 aliphatic heterocycles. The topological polar surface area (TPSA) is 49.4 Å². The molecule has 0 heterocycles. The van der Waals surface area contributed by atoms with Crippen molar-refractivity contribution in [1.82, 2.24) is 10.4 Å². The van der Waals surface area contributed by atoms with E-state index in [0.29, 0.717) is 17.0 Å². The number of halogens is 1. The molecule has 0 radical (unpaired) electrons. The monoisotopic (exact) mass is 324 g/mol. The molecule has 0 bridgehead atoms. The quantitative estimate of drug-likeness (QED) is 0.652. The number of unbranched alkanes of at least 4 members (excludes halogenated alkanes) is 2. The molecule has 0 aliphatic carbocycles. The predicted molar refractivity (Wildman–Crippen MR) is 89.7 cm³/mol. The Morgan fingerprint density at radius 1 is 1.14 bits per heavy atom. The second-order valence-corrected chi connectivity index (χ2v) is 6.74. The number of carbonyl (C=O) groups excluding carboxylic acids is 2. The maximum absolute atomic E-state index is 12.4. The van der Waals surface area contributed by atoms with Gasteiger partial charge in [0.25, 0.3) is 5.91 Å². The Morgan fingerprint density at radius 3 is 2.23 bits per heavy atom. The summed E-state index contributed by atoms with van der Waals surface area (Å²) >= 11 is 5.82. The fourth-order valence-electron chi connectivity index (χ4n) is 2.01. The van der Waals surface area contributed by atoms with Gasteiger partial charge in [0.15, 0.2) is 0 Å². The van der Waals surface area contributed by atoms with Gasteiger partial charge in [-0.1, -0.05) is 31.4 Å². The van der Waals surface area contributed by atoms with E-state index < -0.39 is 5.54 Å². The molecule has 22 heavy (non-hydrogen) atoms. The van der Waals surface area contributed by atoms with Gasteiger partial charge in [-0.05, 0) is 51.5 Å². The van der Waals surface area contributed by atoms with Crippen molar-refractivity contribution in [3.8, 4) is 0 Å². The Bertz CT molecular complexity index is 506. The van der Waals surface area contributed by atoms with Crippen LogP contribution in [0, 0.1) is 0 Å². The summed E-state index contributed by atoms with van der Waals surface area (Å²) in [5, 5.41) is 2.00. The summed E-state index contributed by atoms with van der Waals surface area (Å²) in [6.07, 6.45) is 3.33. The number of hydrogen-bond donors (Lipinski definition) is 1. The molecule has 0 fully saturated rings. The lowest BCUT2D eigenvalue weighted by Gasteiger charge is -2.35. The van der Waals surface area contributed by atoms with Crippen molar-refractivity contribution in [2.45, 2.75) is 58.9 Å². The first kappa shape index (κ1) is 18.5. The molecule has 2 amide bonds. The van der Waals surface area contributed by atoms with Gasteiger partial charge in [0.2, 0.25) is 5.91 Å². The summed E-state index contributed by atoms with van der Waals surface area (Å²) in [7, 11) is 0. The van der Waals surface area contributed by atoms with Gasteiger partial charge in [0.05, 0.1) is 5.54 Å². The van der Waals surface area contributed by atoms with Crippen LogP contribution >= 0.6 is 11.6 Å². The van der Waals surface area contributed by atoms with E-state index in [1.165, 1.54) is 5.01 Å². The normalized spacial score (nSPS) is 11.1. The number of nitrogens with one attached hydrogen (secondary N) is 1. The molecule has 0 saturated carbocycles. The molecule has 4 nitrogen and oxygen atoms in total. The number of hydrazine groups is 1. The summed E-state index contributed by atoms with van der Waals surface area (Å²) < 4.78 is 0. The van der Waals surface area contributed by atoms with E-state index >= 15 is 0 Å². The fourth-order valence-corrected chi connectivity index (χ4v) is 2.14. The molecule has 0 spiro atoms. The molecule has 122 valence electrons. The van der Waals surface area contributed by atoms with E-state index in [0.717, 1.165) is 19.3 Å². The molecule has 0 unspecified atom stereocenters. The van der Waals surface area contributed by atoms with Gasteiger partial charge in [-0.2, -0.15) is 0 Å². The van der Waals surface area contributed by atoms with Crippen molar-refractivity contribution in [3.63, 3.8) is 0 Å². The maximum Gasteiger partial charge on any atom is 0.269 e. The summed E-state index contributed by atoms with van der Waals surface area (Å²) in [5.74, 6) is -0.376. The van der Waals surface area contributed by atoms with E-state index in [9.17, 15) is 9.59 Å². The fraction of sp³-hybridized carbons (Fsp3) is 0.529. The van der Waals surface area contributed by atoms with Crippen LogP contribution in [-0.2, 0) is 4.79 Å². The van der Waals surface area contributed by atoms with Crippen LogP contribution in [0.15, 0.2) is 24.3 Å². The number of hydrogen-bond acceptors (Lipinski definition) is 2. The second-order valence-electron chi connectivity index (χ2n) is 6.30. The van der Waals surface area contributed by atoms with E-state index in [4.69, 9.17) is 11.6 Å². The van der Waals surface area contributed by atoms with Crippen LogP contribution in [0.2, 0.25) is 5.02 Å². The third-order valence-corrected chi connectivity index (χ3v) is 3.49. The summed E-state index contributed by atoms with van der Waals surface area (Å²) in [4.78, 5) is 24.7. The highest BCUT2D eigenvalue weighted by Crippen LogP contribution is 2.15. The molecule has 1 aromatic rings. The maximum atomic E-state index is 12.4. The first-order valence-corrected chi connectivity index (χ1v) is 8.03. The lowest BCUT2D eigenvalue weighted by molar-refractivity contribution is -0.139. The summed E-state index contributed by atoms with van der Waals surface area (Å²) in [6.45, 7) is 7.78. The number of nitrogens with zero attached hydrogens (tertiary/aromatic N) is 1. The first-order valence-electron chi connectivity index (χ1n) is 7.65. The van der Waals surface area contributed by atoms with Crippen molar-refractivity contribution in [2.24, 2.45) is 0 Å². The van der Waals surface area contributed by atoms with Crippen molar-refractivity contribution < 1.29 is 9.59 Å². The smallest absolute Gasteiger partial charge is 0.269 e. The Hall–Kier alpha value is -1.55. The van der Waals surface area contributed by atoms with Gasteiger partial charge in [-0.25, -0.2) is 5.01 Å². The van der Waals surface area contributed by atoms with Crippen LogP contribution in [0.5, 0.6) is 0 Å². The van der Waals surface area contributed by atoms with Crippen LogP contribution in [0.3, 0.4) is 0 Å². The third-order valence-electron chi connectivity index (χ3n) is 3.23. The lowest BCUT2D eigenvalue weighted by atomic mass is 10.1. The molecule has 0 atom stereocenters. The number of amides is 2. The van der Waals surface area contributed by atoms with Crippen LogP contribution < -0.4 is 5.43 Å². The molecular weight excluding hydrogens is 300 g/mol. The highest BCUT2D eigenvalue weighted by atomic mass is 35.5. The molecule has 1 rings (SSSR count). The minimum absolute atomic E-state index is 0.0664. The molecule has 5 heteroatoms. The average Bonchev–Trinajstić information content (AvgIpc) is 2.44. The number of carbonyl (C=O) groups is 2. The Labute approximate surface area is 137 Å². The minimum Gasteiger partial charge on any atom is -0.273 e. The van der Waals surface area contributed by atoms with Gasteiger partial charge in [-0.3, -0.25) is 15.0 Å². The number of benzene rings is 1. The summed E-state index contributed by atoms with van der Waals surface area (Å²) in [6, 6.07) is 6.59. The Morgan fingerprint density at radius 2 is 1.73 bits per heavy atom. The lowest BCUT2D eigenvalue weighted by Crippen LogP contribution is -2.55. The first-order chi connectivity index (χ1) is 10.3. The third kappa shape index (κ3) is 5.68. The molecule has 0 saturated heterocycles. The van der Waals surface area contributed by atoms with Crippen molar-refractivity contribution in [3.05, 3.63) is 34.9 Å². The number of rotatable bonds is 5. The Kier molecular flexibility index (Phi) is 6.88. The van der Waals surface area contributed by atoms with Crippen molar-refractivity contribution in [1.29, 1.82) is 0 Å². The van der Waals surface area contributed by atoms with Crippen molar-refractivity contribution >= 4 is 23.4 Å². The molecular formula is C17H25ClN2O2. The van der Waals surface area contributed by atoms with Crippen molar-refractivity contribution in [2.75, 3.05) is 0 Å². The zero-order valence-electron chi connectivity index (χ0n) is 13.8. The van der Waals surface area contributed by atoms with E-state index in [1.54, 1.807) is 24.3 Å². The molecule has 1 aromatic carbocycles. The molecule has 1 N–H and O–H groups in total. The van der Waals surface area contributed by atoms with E-state index in [2.05, 4.69) is 12.3 Å². The second kappa shape index (κ2) is 8.18. The van der Waals surface area contributed by atoms with Crippen LogP contribution in [-0.4, -0.2) is 22.4 Å². The predicted octanol–water partition coefficient (Wildman–Crippen LogP) is 4.19. The van der Waals surface area contributed by atoms with Gasteiger partial charge >= 0.3 is 0 Å². The van der Waals surface area contributed by atoms with Gasteiger partial charge in [-0.15, -0.1) is 0 Å². The van der Waals surface area contributed by atoms with Gasteiger partial charge < -0.3 is 0 Å². The van der Waals surface area contributed by atoms with Crippen LogP contribution in [0.4, 0.5) is 0 Å². The zero-order valence-corrected chi connectivity index (χ0v) is 14.5. The van der Waals surface area contributed by atoms with E-state index in [-0.39, 0.29) is 11.8 Å². The SMILES string of the molecule is CCCCCC(=O)N(NC(=O)c1ccc(Cl)cc1)C(C)(C)C.